The zero-order valence-corrected chi connectivity index (χ0v) is 13.4. The third kappa shape index (κ3) is 2.11. The van der Waals surface area contributed by atoms with E-state index in [1.54, 1.807) is 18.2 Å². The SMILES string of the molecule is COC(=O)C1(S(=O)(=O)c2ccccc2)CCC/C1=C\Br. The van der Waals surface area contributed by atoms with Crippen LogP contribution in [0.1, 0.15) is 19.3 Å². The molecule has 0 N–H and O–H groups in total. The molecular formula is C14H15BrO4S. The Morgan fingerprint density at radius 3 is 2.55 bits per heavy atom. The van der Waals surface area contributed by atoms with E-state index in [4.69, 9.17) is 4.74 Å². The minimum atomic E-state index is -3.85. The maximum Gasteiger partial charge on any atom is 0.331 e. The molecule has 0 bridgehead atoms. The van der Waals surface area contributed by atoms with Crippen molar-refractivity contribution in [1.82, 2.24) is 0 Å². The summed E-state index contributed by atoms with van der Waals surface area (Å²) in [4.78, 5) is 13.9. The molecule has 2 rings (SSSR count). The molecular weight excluding hydrogens is 344 g/mol. The highest BCUT2D eigenvalue weighted by atomic mass is 79.9. The second-order valence-corrected chi connectivity index (χ2v) is 7.26. The van der Waals surface area contributed by atoms with Crippen molar-refractivity contribution >= 4 is 31.7 Å². The number of benzene rings is 1. The van der Waals surface area contributed by atoms with Crippen LogP contribution in [0.5, 0.6) is 0 Å². The fourth-order valence-corrected chi connectivity index (χ4v) is 5.56. The van der Waals surface area contributed by atoms with Gasteiger partial charge in [-0.15, -0.1) is 0 Å². The minimum absolute atomic E-state index is 0.138. The number of carbonyl (C=O) groups excluding carboxylic acids is 1. The van der Waals surface area contributed by atoms with Gasteiger partial charge in [0.2, 0.25) is 0 Å². The summed E-state index contributed by atoms with van der Waals surface area (Å²) in [6, 6.07) is 8.03. The van der Waals surface area contributed by atoms with E-state index in [9.17, 15) is 13.2 Å². The molecule has 0 aliphatic heterocycles. The summed E-state index contributed by atoms with van der Waals surface area (Å²) in [6.45, 7) is 0. The zero-order chi connectivity index (χ0) is 14.8. The highest BCUT2D eigenvalue weighted by Gasteiger charge is 2.57. The van der Waals surface area contributed by atoms with Crippen molar-refractivity contribution in [3.8, 4) is 0 Å². The lowest BCUT2D eigenvalue weighted by atomic mass is 10.0. The van der Waals surface area contributed by atoms with Crippen molar-refractivity contribution in [3.63, 3.8) is 0 Å². The van der Waals surface area contributed by atoms with E-state index in [1.165, 1.54) is 24.2 Å². The van der Waals surface area contributed by atoms with Crippen molar-refractivity contribution < 1.29 is 17.9 Å². The van der Waals surface area contributed by atoms with Crippen LogP contribution < -0.4 is 0 Å². The Labute approximate surface area is 126 Å². The number of sulfone groups is 1. The Hall–Kier alpha value is -1.14. The van der Waals surface area contributed by atoms with Crippen LogP contribution in [0.3, 0.4) is 0 Å². The maximum absolute atomic E-state index is 13.0. The molecule has 0 heterocycles. The fourth-order valence-electron chi connectivity index (χ4n) is 2.65. The van der Waals surface area contributed by atoms with Gasteiger partial charge < -0.3 is 4.74 Å². The van der Waals surface area contributed by atoms with Gasteiger partial charge in [0.1, 0.15) is 0 Å². The number of carbonyl (C=O) groups is 1. The van der Waals surface area contributed by atoms with Gasteiger partial charge in [-0.25, -0.2) is 13.2 Å². The van der Waals surface area contributed by atoms with Crippen molar-refractivity contribution in [1.29, 1.82) is 0 Å². The summed E-state index contributed by atoms with van der Waals surface area (Å²) in [6.07, 6.45) is 1.44. The summed E-state index contributed by atoms with van der Waals surface area (Å²) < 4.78 is 29.1. The molecule has 4 nitrogen and oxygen atoms in total. The van der Waals surface area contributed by atoms with Crippen LogP contribution in [0.4, 0.5) is 0 Å². The number of methoxy groups -OCH3 is 1. The van der Waals surface area contributed by atoms with E-state index in [-0.39, 0.29) is 11.3 Å². The summed E-state index contributed by atoms with van der Waals surface area (Å²) in [5.74, 6) is -0.718. The molecule has 20 heavy (non-hydrogen) atoms. The molecule has 1 unspecified atom stereocenters. The molecule has 1 aliphatic rings. The number of halogens is 1. The molecule has 0 aromatic heterocycles. The van der Waals surface area contributed by atoms with Gasteiger partial charge in [-0.05, 0) is 42.0 Å². The van der Waals surface area contributed by atoms with Crippen LogP contribution >= 0.6 is 15.9 Å². The van der Waals surface area contributed by atoms with Gasteiger partial charge in [-0.3, -0.25) is 0 Å². The van der Waals surface area contributed by atoms with Gasteiger partial charge in [0, 0.05) is 0 Å². The van der Waals surface area contributed by atoms with E-state index in [1.807, 2.05) is 0 Å². The normalized spacial score (nSPS) is 24.8. The van der Waals surface area contributed by atoms with E-state index < -0.39 is 20.6 Å². The topological polar surface area (TPSA) is 60.4 Å². The standard InChI is InChI=1S/C14H15BrO4S/c1-19-13(16)14(9-5-6-11(14)10-15)20(17,18)12-7-3-2-4-8-12/h2-4,7-8,10H,5-6,9H2,1H3/b11-10+. The number of hydrogen-bond donors (Lipinski definition) is 0. The molecule has 1 fully saturated rings. The van der Waals surface area contributed by atoms with E-state index in [0.717, 1.165) is 0 Å². The van der Waals surface area contributed by atoms with Crippen molar-refractivity contribution in [2.45, 2.75) is 28.9 Å². The molecule has 0 radical (unpaired) electrons. The lowest BCUT2D eigenvalue weighted by Gasteiger charge is -2.27. The lowest BCUT2D eigenvalue weighted by molar-refractivity contribution is -0.142. The minimum Gasteiger partial charge on any atom is -0.468 e. The van der Waals surface area contributed by atoms with Gasteiger partial charge in [0.15, 0.2) is 14.6 Å². The number of esters is 1. The Morgan fingerprint density at radius 2 is 2.00 bits per heavy atom. The predicted molar refractivity (Wildman–Crippen MR) is 79.2 cm³/mol. The third-order valence-electron chi connectivity index (χ3n) is 3.65. The third-order valence-corrected chi connectivity index (χ3v) is 6.65. The summed E-state index contributed by atoms with van der Waals surface area (Å²) >= 11 is 3.18. The van der Waals surface area contributed by atoms with Gasteiger partial charge >= 0.3 is 5.97 Å². The van der Waals surface area contributed by atoms with Crippen LogP contribution in [0.15, 0.2) is 45.8 Å². The second kappa shape index (κ2) is 5.69. The fraction of sp³-hybridized carbons (Fsp3) is 0.357. The molecule has 1 saturated carbocycles. The van der Waals surface area contributed by atoms with Crippen LogP contribution in [-0.2, 0) is 19.4 Å². The van der Waals surface area contributed by atoms with Crippen LogP contribution in [-0.4, -0.2) is 26.2 Å². The van der Waals surface area contributed by atoms with E-state index in [0.29, 0.717) is 18.4 Å². The maximum atomic E-state index is 13.0. The smallest absolute Gasteiger partial charge is 0.331 e. The molecule has 6 heteroatoms. The van der Waals surface area contributed by atoms with Crippen molar-refractivity contribution in [2.24, 2.45) is 0 Å². The first-order valence-electron chi connectivity index (χ1n) is 6.18. The monoisotopic (exact) mass is 358 g/mol. The lowest BCUT2D eigenvalue weighted by Crippen LogP contribution is -2.46. The summed E-state index contributed by atoms with van der Waals surface area (Å²) in [5.41, 5.74) is 0.549. The first kappa shape index (κ1) is 15.3. The highest BCUT2D eigenvalue weighted by Crippen LogP contribution is 2.45. The summed E-state index contributed by atoms with van der Waals surface area (Å²) in [5, 5.41) is 0. The average molecular weight is 359 g/mol. The van der Waals surface area contributed by atoms with Crippen LogP contribution in [0, 0.1) is 0 Å². The summed E-state index contributed by atoms with van der Waals surface area (Å²) in [7, 11) is -2.63. The molecule has 1 atom stereocenters. The molecule has 0 spiro atoms. The highest BCUT2D eigenvalue weighted by molar-refractivity contribution is 9.11. The first-order valence-corrected chi connectivity index (χ1v) is 8.58. The predicted octanol–water partition coefficient (Wildman–Crippen LogP) is 2.83. The van der Waals surface area contributed by atoms with E-state index in [2.05, 4.69) is 15.9 Å². The molecule has 0 saturated heterocycles. The number of hydrogen-bond acceptors (Lipinski definition) is 4. The largest absolute Gasteiger partial charge is 0.468 e. The molecule has 0 amide bonds. The van der Waals surface area contributed by atoms with Gasteiger partial charge in [0.05, 0.1) is 12.0 Å². The molecule has 108 valence electrons. The Balaban J connectivity index is 2.68. The quantitative estimate of drug-likeness (QED) is 0.779. The zero-order valence-electron chi connectivity index (χ0n) is 11.0. The molecule has 1 aromatic carbocycles. The van der Waals surface area contributed by atoms with E-state index >= 15 is 0 Å². The number of rotatable bonds is 3. The van der Waals surface area contributed by atoms with Crippen molar-refractivity contribution in [3.05, 3.63) is 40.9 Å². The average Bonchev–Trinajstić information content (AvgIpc) is 2.92. The van der Waals surface area contributed by atoms with Crippen molar-refractivity contribution in [2.75, 3.05) is 7.11 Å². The Morgan fingerprint density at radius 1 is 1.35 bits per heavy atom. The van der Waals surface area contributed by atoms with Gasteiger partial charge in [0.25, 0.3) is 0 Å². The Bertz CT molecular complexity index is 636. The van der Waals surface area contributed by atoms with Gasteiger partial charge in [-0.1, -0.05) is 34.1 Å². The second-order valence-electron chi connectivity index (χ2n) is 4.62. The van der Waals surface area contributed by atoms with Crippen LogP contribution in [0.2, 0.25) is 0 Å². The number of ether oxygens (including phenoxy) is 1. The Kier molecular flexibility index (Phi) is 4.34. The van der Waals surface area contributed by atoms with Gasteiger partial charge in [-0.2, -0.15) is 0 Å². The molecule has 1 aromatic rings. The van der Waals surface area contributed by atoms with Crippen LogP contribution in [0.25, 0.3) is 0 Å². The molecule has 1 aliphatic carbocycles. The first-order chi connectivity index (χ1) is 9.50.